The fourth-order valence-corrected chi connectivity index (χ4v) is 3.58. The van der Waals surface area contributed by atoms with Gasteiger partial charge in [-0.3, -0.25) is 4.90 Å². The number of benzene rings is 2. The monoisotopic (exact) mass is 312 g/mol. The Hall–Kier alpha value is -1.71. The number of aryl methyl sites for hydroxylation is 2. The molecular weight excluding hydrogens is 287 g/mol. The molecule has 2 aromatic carbocycles. The summed E-state index contributed by atoms with van der Waals surface area (Å²) < 4.78 is 13.8. The van der Waals surface area contributed by atoms with Crippen molar-refractivity contribution in [3.63, 3.8) is 0 Å². The van der Waals surface area contributed by atoms with Crippen LogP contribution >= 0.6 is 0 Å². The van der Waals surface area contributed by atoms with Gasteiger partial charge in [-0.05, 0) is 50.1 Å². The van der Waals surface area contributed by atoms with Crippen LogP contribution in [0.4, 0.5) is 4.39 Å². The summed E-state index contributed by atoms with van der Waals surface area (Å²) in [5.41, 5.74) is 4.82. The standard InChI is InChI=1S/C20H25FN2/c1-15-11-16(2)13-18(12-15)20(17-5-3-6-19(21)14-17)23-9-4-7-22-8-10-23/h3,5-6,11-14,20,22H,4,7-10H2,1-2H3. The Labute approximate surface area is 138 Å². The van der Waals surface area contributed by atoms with Gasteiger partial charge in [0.05, 0.1) is 6.04 Å². The minimum atomic E-state index is -0.162. The van der Waals surface area contributed by atoms with Crippen molar-refractivity contribution in [3.8, 4) is 0 Å². The van der Waals surface area contributed by atoms with Crippen LogP contribution in [0, 0.1) is 19.7 Å². The number of hydrogen-bond acceptors (Lipinski definition) is 2. The SMILES string of the molecule is Cc1cc(C)cc(C(c2cccc(F)c2)N2CCCNCC2)c1. The molecule has 1 atom stereocenters. The van der Waals surface area contributed by atoms with Crippen molar-refractivity contribution in [2.45, 2.75) is 26.3 Å². The lowest BCUT2D eigenvalue weighted by molar-refractivity contribution is 0.240. The average molecular weight is 312 g/mol. The Morgan fingerprint density at radius 3 is 2.48 bits per heavy atom. The zero-order chi connectivity index (χ0) is 16.2. The van der Waals surface area contributed by atoms with Crippen LogP contribution in [0.25, 0.3) is 0 Å². The molecule has 1 aliphatic rings. The molecular formula is C20H25FN2. The first-order valence-corrected chi connectivity index (χ1v) is 8.42. The largest absolute Gasteiger partial charge is 0.315 e. The molecule has 0 bridgehead atoms. The highest BCUT2D eigenvalue weighted by molar-refractivity contribution is 5.37. The molecule has 2 aromatic rings. The smallest absolute Gasteiger partial charge is 0.123 e. The summed E-state index contributed by atoms with van der Waals surface area (Å²) in [5.74, 6) is -0.162. The van der Waals surface area contributed by atoms with Crippen molar-refractivity contribution in [1.29, 1.82) is 0 Å². The van der Waals surface area contributed by atoms with E-state index in [-0.39, 0.29) is 11.9 Å². The third-order valence-corrected chi connectivity index (χ3v) is 4.46. The summed E-state index contributed by atoms with van der Waals surface area (Å²) >= 11 is 0. The first kappa shape index (κ1) is 16.2. The molecule has 0 radical (unpaired) electrons. The number of rotatable bonds is 3. The van der Waals surface area contributed by atoms with Gasteiger partial charge in [0, 0.05) is 19.6 Å². The highest BCUT2D eigenvalue weighted by atomic mass is 19.1. The second-order valence-electron chi connectivity index (χ2n) is 6.52. The molecule has 1 N–H and O–H groups in total. The molecule has 1 saturated heterocycles. The maximum atomic E-state index is 13.8. The van der Waals surface area contributed by atoms with E-state index in [0.717, 1.165) is 38.2 Å². The van der Waals surface area contributed by atoms with E-state index in [1.807, 2.05) is 12.1 Å². The van der Waals surface area contributed by atoms with E-state index in [0.29, 0.717) is 0 Å². The maximum Gasteiger partial charge on any atom is 0.123 e. The topological polar surface area (TPSA) is 15.3 Å². The Bertz CT molecular complexity index is 640. The zero-order valence-corrected chi connectivity index (χ0v) is 14.0. The van der Waals surface area contributed by atoms with Gasteiger partial charge in [-0.15, -0.1) is 0 Å². The van der Waals surface area contributed by atoms with Crippen molar-refractivity contribution < 1.29 is 4.39 Å². The lowest BCUT2D eigenvalue weighted by atomic mass is 9.94. The van der Waals surface area contributed by atoms with Crippen LogP contribution in [0.2, 0.25) is 0 Å². The first-order chi connectivity index (χ1) is 11.1. The van der Waals surface area contributed by atoms with Crippen molar-refractivity contribution in [2.75, 3.05) is 26.2 Å². The highest BCUT2D eigenvalue weighted by Crippen LogP contribution is 2.30. The third kappa shape index (κ3) is 3.98. The van der Waals surface area contributed by atoms with E-state index in [2.05, 4.69) is 42.3 Å². The number of halogens is 1. The molecule has 2 nitrogen and oxygen atoms in total. The number of nitrogens with zero attached hydrogens (tertiary/aromatic N) is 1. The maximum absolute atomic E-state index is 13.8. The summed E-state index contributed by atoms with van der Waals surface area (Å²) in [5, 5.41) is 3.45. The quantitative estimate of drug-likeness (QED) is 0.926. The Morgan fingerprint density at radius 2 is 1.74 bits per heavy atom. The minimum Gasteiger partial charge on any atom is -0.315 e. The van der Waals surface area contributed by atoms with Gasteiger partial charge in [-0.25, -0.2) is 4.39 Å². The Morgan fingerprint density at radius 1 is 0.957 bits per heavy atom. The molecule has 1 aliphatic heterocycles. The van der Waals surface area contributed by atoms with E-state index < -0.39 is 0 Å². The van der Waals surface area contributed by atoms with Gasteiger partial charge in [0.1, 0.15) is 5.82 Å². The number of nitrogens with one attached hydrogen (secondary N) is 1. The van der Waals surface area contributed by atoms with Crippen LogP contribution in [-0.4, -0.2) is 31.1 Å². The van der Waals surface area contributed by atoms with E-state index in [4.69, 9.17) is 0 Å². The van der Waals surface area contributed by atoms with Gasteiger partial charge < -0.3 is 5.32 Å². The fourth-order valence-electron chi connectivity index (χ4n) is 3.58. The van der Waals surface area contributed by atoms with Crippen LogP contribution in [0.5, 0.6) is 0 Å². The Balaban J connectivity index is 2.04. The van der Waals surface area contributed by atoms with Gasteiger partial charge in [-0.1, -0.05) is 41.5 Å². The highest BCUT2D eigenvalue weighted by Gasteiger charge is 2.23. The van der Waals surface area contributed by atoms with Crippen molar-refractivity contribution in [1.82, 2.24) is 10.2 Å². The molecule has 23 heavy (non-hydrogen) atoms. The lowest BCUT2D eigenvalue weighted by Gasteiger charge is -2.32. The van der Waals surface area contributed by atoms with Crippen molar-refractivity contribution in [2.24, 2.45) is 0 Å². The second-order valence-corrected chi connectivity index (χ2v) is 6.52. The second kappa shape index (κ2) is 7.24. The van der Waals surface area contributed by atoms with Crippen molar-refractivity contribution >= 4 is 0 Å². The van der Waals surface area contributed by atoms with E-state index >= 15 is 0 Å². The van der Waals surface area contributed by atoms with Gasteiger partial charge >= 0.3 is 0 Å². The van der Waals surface area contributed by atoms with Crippen LogP contribution in [0.15, 0.2) is 42.5 Å². The number of hydrogen-bond donors (Lipinski definition) is 1. The van der Waals surface area contributed by atoms with Crippen LogP contribution in [0.3, 0.4) is 0 Å². The van der Waals surface area contributed by atoms with E-state index in [1.54, 1.807) is 6.07 Å². The predicted octanol–water partition coefficient (Wildman–Crippen LogP) is 3.83. The summed E-state index contributed by atoms with van der Waals surface area (Å²) in [4.78, 5) is 2.48. The molecule has 0 saturated carbocycles. The van der Waals surface area contributed by atoms with Gasteiger partial charge in [-0.2, -0.15) is 0 Å². The molecule has 0 aliphatic carbocycles. The molecule has 3 heteroatoms. The van der Waals surface area contributed by atoms with Crippen LogP contribution in [-0.2, 0) is 0 Å². The molecule has 0 aromatic heterocycles. The summed E-state index contributed by atoms with van der Waals surface area (Å²) in [6.07, 6.45) is 1.12. The summed E-state index contributed by atoms with van der Waals surface area (Å²) in [7, 11) is 0. The van der Waals surface area contributed by atoms with E-state index in [1.165, 1.54) is 22.8 Å². The van der Waals surface area contributed by atoms with Crippen LogP contribution < -0.4 is 5.32 Å². The lowest BCUT2D eigenvalue weighted by Crippen LogP contribution is -2.33. The molecule has 1 heterocycles. The fraction of sp³-hybridized carbons (Fsp3) is 0.400. The summed E-state index contributed by atoms with van der Waals surface area (Å²) in [6.45, 7) is 8.30. The third-order valence-electron chi connectivity index (χ3n) is 4.46. The Kier molecular flexibility index (Phi) is 5.09. The molecule has 0 spiro atoms. The van der Waals surface area contributed by atoms with E-state index in [9.17, 15) is 4.39 Å². The van der Waals surface area contributed by atoms with Gasteiger partial charge in [0.2, 0.25) is 0 Å². The zero-order valence-electron chi connectivity index (χ0n) is 14.0. The predicted molar refractivity (Wildman–Crippen MR) is 93.2 cm³/mol. The minimum absolute atomic E-state index is 0.115. The first-order valence-electron chi connectivity index (χ1n) is 8.42. The van der Waals surface area contributed by atoms with Gasteiger partial charge in [0.25, 0.3) is 0 Å². The molecule has 3 rings (SSSR count). The molecule has 1 unspecified atom stereocenters. The molecule has 1 fully saturated rings. The molecule has 0 amide bonds. The average Bonchev–Trinajstić information content (AvgIpc) is 2.76. The van der Waals surface area contributed by atoms with Crippen molar-refractivity contribution in [3.05, 3.63) is 70.5 Å². The summed E-state index contributed by atoms with van der Waals surface area (Å²) in [6, 6.07) is 13.8. The normalized spacial score (nSPS) is 17.7. The van der Waals surface area contributed by atoms with Gasteiger partial charge in [0.15, 0.2) is 0 Å². The molecule has 122 valence electrons. The van der Waals surface area contributed by atoms with Crippen LogP contribution in [0.1, 0.15) is 34.7 Å².